The zero-order valence-corrected chi connectivity index (χ0v) is 25.9. The molecule has 5 heterocycles. The molecule has 2 aromatic heterocycles. The van der Waals surface area contributed by atoms with Crippen molar-refractivity contribution in [3.05, 3.63) is 140 Å². The third-order valence-electron chi connectivity index (χ3n) is 10.6. The second-order valence-electron chi connectivity index (χ2n) is 12.8. The van der Waals surface area contributed by atoms with E-state index in [0.717, 1.165) is 21.9 Å². The molecular formula is C42H23BN2OS. The van der Waals surface area contributed by atoms with Crippen molar-refractivity contribution in [2.24, 2.45) is 0 Å². The minimum atomic E-state index is 0.0404. The Labute approximate surface area is 274 Å². The maximum absolute atomic E-state index is 6.75. The Kier molecular flexibility index (Phi) is 4.43. The normalized spacial score (nSPS) is 13.8. The number of hydrogen-bond donors (Lipinski definition) is 0. The highest BCUT2D eigenvalue weighted by Crippen LogP contribution is 2.53. The molecule has 3 nitrogen and oxygen atoms in total. The Bertz CT molecular complexity index is 2850. The van der Waals surface area contributed by atoms with Crippen LogP contribution in [-0.2, 0) is 0 Å². The number of thiophene rings is 1. The summed E-state index contributed by atoms with van der Waals surface area (Å²) in [5, 5.41) is 4.93. The topological polar surface area (TPSA) is 19.6 Å². The van der Waals surface area contributed by atoms with Crippen LogP contribution in [0.3, 0.4) is 0 Å². The van der Waals surface area contributed by atoms with Gasteiger partial charge in [0.25, 0.3) is 0 Å². The van der Waals surface area contributed by atoms with Crippen molar-refractivity contribution in [3.63, 3.8) is 0 Å². The molecule has 0 unspecified atom stereocenters. The van der Waals surface area contributed by atoms with Gasteiger partial charge in [0.2, 0.25) is 0 Å². The first-order valence-corrected chi connectivity index (χ1v) is 17.0. The number of furan rings is 1. The molecule has 0 N–H and O–H groups in total. The second-order valence-corrected chi connectivity index (χ2v) is 13.9. The van der Waals surface area contributed by atoms with Gasteiger partial charge in [0, 0.05) is 70.5 Å². The Morgan fingerprint density at radius 3 is 2.11 bits per heavy atom. The summed E-state index contributed by atoms with van der Waals surface area (Å²) in [5.74, 6) is 0. The average Bonchev–Trinajstić information content (AvgIpc) is 3.70. The van der Waals surface area contributed by atoms with Crippen molar-refractivity contribution in [1.82, 2.24) is 0 Å². The lowest BCUT2D eigenvalue weighted by Gasteiger charge is -2.49. The lowest BCUT2D eigenvalue weighted by molar-refractivity contribution is 0.670. The van der Waals surface area contributed by atoms with Gasteiger partial charge in [-0.3, -0.25) is 0 Å². The third-order valence-corrected chi connectivity index (χ3v) is 11.7. The standard InChI is InChI=1S/C42H23BN2OS/c1-4-14-32-25(9-1)28-12-7-15-34-40(28)43-41-30(39-33(45(32)43)21-20-29-26-10-2-5-17-36(26)46-42(29)39)13-8-16-35(41)44(34)24-19-22-38-31(23-24)27-11-3-6-18-37(27)47-38/h1-23H. The Hall–Kier alpha value is -5.78. The van der Waals surface area contributed by atoms with Gasteiger partial charge in [-0.05, 0) is 82.7 Å². The fraction of sp³-hybridized carbons (Fsp3) is 0. The van der Waals surface area contributed by atoms with Gasteiger partial charge in [-0.15, -0.1) is 11.3 Å². The molecule has 5 heteroatoms. The molecule has 0 atom stereocenters. The van der Waals surface area contributed by atoms with Crippen LogP contribution in [0.4, 0.5) is 28.4 Å². The van der Waals surface area contributed by atoms with Crippen LogP contribution in [0.1, 0.15) is 0 Å². The Morgan fingerprint density at radius 2 is 1.19 bits per heavy atom. The molecule has 216 valence electrons. The maximum Gasteiger partial charge on any atom is 0.333 e. The van der Waals surface area contributed by atoms with Crippen molar-refractivity contribution in [3.8, 4) is 22.3 Å². The molecule has 3 aliphatic rings. The highest BCUT2D eigenvalue weighted by molar-refractivity contribution is 7.25. The van der Waals surface area contributed by atoms with Gasteiger partial charge in [-0.2, -0.15) is 0 Å². The van der Waals surface area contributed by atoms with Crippen LogP contribution in [0.15, 0.2) is 144 Å². The first-order chi connectivity index (χ1) is 23.3. The minimum Gasteiger partial charge on any atom is -0.455 e. The maximum atomic E-state index is 6.75. The molecule has 12 rings (SSSR count). The molecule has 7 aromatic carbocycles. The molecule has 0 saturated carbocycles. The Balaban J connectivity index is 1.23. The van der Waals surface area contributed by atoms with E-state index in [0.29, 0.717) is 0 Å². The summed E-state index contributed by atoms with van der Waals surface area (Å²) in [6, 6.07) is 51.4. The summed E-state index contributed by atoms with van der Waals surface area (Å²) < 4.78 is 9.39. The molecular weight excluding hydrogens is 591 g/mol. The number of benzene rings is 7. The number of anilines is 5. The number of nitrogens with zero attached hydrogens (tertiary/aromatic N) is 2. The van der Waals surface area contributed by atoms with E-state index >= 15 is 0 Å². The van der Waals surface area contributed by atoms with E-state index in [9.17, 15) is 0 Å². The van der Waals surface area contributed by atoms with Gasteiger partial charge in [-0.25, -0.2) is 0 Å². The molecule has 0 bridgehead atoms. The Morgan fingerprint density at radius 1 is 0.489 bits per heavy atom. The molecule has 0 radical (unpaired) electrons. The number of para-hydroxylation sites is 2. The van der Waals surface area contributed by atoms with E-state index in [1.807, 2.05) is 11.3 Å². The van der Waals surface area contributed by atoms with Crippen LogP contribution in [0.5, 0.6) is 0 Å². The summed E-state index contributed by atoms with van der Waals surface area (Å²) in [7, 11) is 0. The zero-order chi connectivity index (χ0) is 30.4. The van der Waals surface area contributed by atoms with Gasteiger partial charge >= 0.3 is 6.85 Å². The molecule has 3 aliphatic heterocycles. The van der Waals surface area contributed by atoms with Gasteiger partial charge in [0.05, 0.1) is 0 Å². The van der Waals surface area contributed by atoms with Crippen molar-refractivity contribution in [2.45, 2.75) is 0 Å². The van der Waals surface area contributed by atoms with E-state index < -0.39 is 0 Å². The van der Waals surface area contributed by atoms with E-state index in [1.165, 1.54) is 81.8 Å². The molecule has 0 fully saturated rings. The molecule has 0 amide bonds. The van der Waals surface area contributed by atoms with Crippen LogP contribution < -0.4 is 20.6 Å². The van der Waals surface area contributed by atoms with Crippen molar-refractivity contribution in [2.75, 3.05) is 9.71 Å². The SMILES string of the molecule is c1ccc2c(c1)-c1cccc3c1B1c4c(cccc4N3c3ccc4sc5ccccc5c4c3)-c3c(ccc4c3oc3ccccc34)N12. The van der Waals surface area contributed by atoms with Crippen LogP contribution in [0, 0.1) is 0 Å². The smallest absolute Gasteiger partial charge is 0.333 e. The lowest BCUT2D eigenvalue weighted by Crippen LogP contribution is -2.63. The fourth-order valence-corrected chi connectivity index (χ4v) is 9.83. The van der Waals surface area contributed by atoms with Gasteiger partial charge in [0.15, 0.2) is 0 Å². The van der Waals surface area contributed by atoms with Crippen molar-refractivity contribution in [1.29, 1.82) is 0 Å². The van der Waals surface area contributed by atoms with E-state index in [2.05, 4.69) is 149 Å². The van der Waals surface area contributed by atoms with Gasteiger partial charge in [0.1, 0.15) is 11.2 Å². The minimum absolute atomic E-state index is 0.0404. The lowest BCUT2D eigenvalue weighted by atomic mass is 9.41. The first kappa shape index (κ1) is 24.5. The van der Waals surface area contributed by atoms with Gasteiger partial charge < -0.3 is 14.1 Å². The predicted molar refractivity (Wildman–Crippen MR) is 199 cm³/mol. The summed E-state index contributed by atoms with van der Waals surface area (Å²) in [6.45, 7) is 0.0404. The monoisotopic (exact) mass is 614 g/mol. The molecule has 47 heavy (non-hydrogen) atoms. The van der Waals surface area contributed by atoms with Crippen LogP contribution in [-0.4, -0.2) is 6.85 Å². The van der Waals surface area contributed by atoms with Crippen LogP contribution >= 0.6 is 11.3 Å². The quantitative estimate of drug-likeness (QED) is 0.172. The molecule has 0 saturated heterocycles. The first-order valence-electron chi connectivity index (χ1n) is 16.1. The fourth-order valence-electron chi connectivity index (χ4n) is 8.75. The highest BCUT2D eigenvalue weighted by Gasteiger charge is 2.49. The van der Waals surface area contributed by atoms with Gasteiger partial charge in [-0.1, -0.05) is 78.9 Å². The molecule has 9 aromatic rings. The highest BCUT2D eigenvalue weighted by atomic mass is 32.1. The summed E-state index contributed by atoms with van der Waals surface area (Å²) >= 11 is 1.87. The van der Waals surface area contributed by atoms with Crippen LogP contribution in [0.2, 0.25) is 0 Å². The number of hydrogen-bond acceptors (Lipinski definition) is 4. The third kappa shape index (κ3) is 2.95. The number of rotatable bonds is 1. The molecule has 0 aliphatic carbocycles. The largest absolute Gasteiger partial charge is 0.455 e. The summed E-state index contributed by atoms with van der Waals surface area (Å²) in [6.07, 6.45) is 0. The summed E-state index contributed by atoms with van der Waals surface area (Å²) in [4.78, 5) is 5.10. The summed E-state index contributed by atoms with van der Waals surface area (Å²) in [5.41, 5.74) is 15.6. The van der Waals surface area contributed by atoms with E-state index in [4.69, 9.17) is 4.42 Å². The number of fused-ring (bicyclic) bond motifs is 13. The van der Waals surface area contributed by atoms with Crippen molar-refractivity contribution < 1.29 is 4.42 Å². The zero-order valence-electron chi connectivity index (χ0n) is 25.1. The van der Waals surface area contributed by atoms with Crippen molar-refractivity contribution >= 4 is 99.7 Å². The predicted octanol–water partition coefficient (Wildman–Crippen LogP) is 10.6. The van der Waals surface area contributed by atoms with E-state index in [-0.39, 0.29) is 6.85 Å². The molecule has 0 spiro atoms. The van der Waals surface area contributed by atoms with E-state index in [1.54, 1.807) is 0 Å². The second kappa shape index (κ2) is 8.52. The average molecular weight is 615 g/mol. The van der Waals surface area contributed by atoms with Crippen LogP contribution in [0.25, 0.3) is 64.4 Å².